The van der Waals surface area contributed by atoms with Crippen LogP contribution in [0.4, 0.5) is 0 Å². The van der Waals surface area contributed by atoms with E-state index in [0.29, 0.717) is 17.5 Å². The molecule has 168 valence electrons. The quantitative estimate of drug-likeness (QED) is 0.617. The number of carbonyl (C=O) groups is 2. The molecule has 2 aromatic carbocycles. The molecule has 1 saturated heterocycles. The first kappa shape index (κ1) is 21.9. The van der Waals surface area contributed by atoms with Gasteiger partial charge in [-0.25, -0.2) is 4.98 Å². The lowest BCUT2D eigenvalue weighted by Crippen LogP contribution is -2.40. The Morgan fingerprint density at radius 1 is 1.09 bits per heavy atom. The zero-order valence-corrected chi connectivity index (χ0v) is 18.7. The predicted octanol–water partition coefficient (Wildman–Crippen LogP) is 3.55. The molecule has 7 nitrogen and oxygen atoms in total. The van der Waals surface area contributed by atoms with Crippen LogP contribution in [0.1, 0.15) is 38.6 Å². The van der Waals surface area contributed by atoms with Gasteiger partial charge in [-0.2, -0.15) is 0 Å². The maximum absolute atomic E-state index is 13.0. The van der Waals surface area contributed by atoms with E-state index in [2.05, 4.69) is 12.2 Å². The van der Waals surface area contributed by atoms with Crippen molar-refractivity contribution in [1.29, 1.82) is 0 Å². The number of para-hydroxylation sites is 3. The number of ether oxygens (including phenoxy) is 1. The number of amides is 2. The van der Waals surface area contributed by atoms with Gasteiger partial charge in [0.2, 0.25) is 5.91 Å². The number of benzene rings is 2. The van der Waals surface area contributed by atoms with Crippen molar-refractivity contribution in [3.63, 3.8) is 0 Å². The number of hydrogen-bond acceptors (Lipinski definition) is 4. The summed E-state index contributed by atoms with van der Waals surface area (Å²) in [5.41, 5.74) is 1.70. The molecule has 1 fully saturated rings. The summed E-state index contributed by atoms with van der Waals surface area (Å²) in [5.74, 6) is 1.82. The van der Waals surface area contributed by atoms with Gasteiger partial charge in [-0.1, -0.05) is 37.3 Å². The Morgan fingerprint density at radius 2 is 1.78 bits per heavy atom. The lowest BCUT2D eigenvalue weighted by Gasteiger charge is -2.30. The summed E-state index contributed by atoms with van der Waals surface area (Å²) >= 11 is 0. The topological polar surface area (TPSA) is 76.5 Å². The van der Waals surface area contributed by atoms with Gasteiger partial charge in [0.05, 0.1) is 17.1 Å². The number of aromatic nitrogens is 2. The Balaban J connectivity index is 1.47. The summed E-state index contributed by atoms with van der Waals surface area (Å²) in [5, 5.41) is 2.95. The van der Waals surface area contributed by atoms with Crippen LogP contribution in [0.25, 0.3) is 11.0 Å². The molecule has 1 aliphatic heterocycles. The third kappa shape index (κ3) is 5.10. The summed E-state index contributed by atoms with van der Waals surface area (Å²) in [6.45, 7) is 5.83. The Kier molecular flexibility index (Phi) is 6.73. The van der Waals surface area contributed by atoms with Gasteiger partial charge in [-0.15, -0.1) is 0 Å². The molecule has 0 radical (unpaired) electrons. The Morgan fingerprint density at radius 3 is 2.53 bits per heavy atom. The van der Waals surface area contributed by atoms with Crippen LogP contribution in [0.15, 0.2) is 54.6 Å². The van der Waals surface area contributed by atoms with Crippen molar-refractivity contribution in [2.45, 2.75) is 39.3 Å². The molecule has 1 N–H and O–H groups in total. The maximum Gasteiger partial charge on any atom is 0.258 e. The lowest BCUT2D eigenvalue weighted by atomic mass is 9.99. The smallest absolute Gasteiger partial charge is 0.258 e. The highest BCUT2D eigenvalue weighted by molar-refractivity contribution is 5.82. The average molecular weight is 435 g/mol. The molecule has 3 aromatic rings. The molecule has 7 heteroatoms. The Hall–Kier alpha value is -3.35. The van der Waals surface area contributed by atoms with Gasteiger partial charge in [-0.3, -0.25) is 9.59 Å². The molecule has 1 atom stereocenters. The third-order valence-corrected chi connectivity index (χ3v) is 5.99. The van der Waals surface area contributed by atoms with E-state index in [1.54, 1.807) is 0 Å². The van der Waals surface area contributed by atoms with Crippen LogP contribution in [0, 0.1) is 5.92 Å². The van der Waals surface area contributed by atoms with Crippen LogP contribution < -0.4 is 10.1 Å². The lowest BCUT2D eigenvalue weighted by molar-refractivity contribution is -0.133. The second-order valence-electron chi connectivity index (χ2n) is 8.50. The second kappa shape index (κ2) is 9.85. The molecule has 0 aliphatic carbocycles. The molecule has 2 heterocycles. The molecular formula is C25H30N4O3. The molecule has 1 aliphatic rings. The zero-order valence-electron chi connectivity index (χ0n) is 18.7. The van der Waals surface area contributed by atoms with Crippen LogP contribution in [0.3, 0.4) is 0 Å². The summed E-state index contributed by atoms with van der Waals surface area (Å²) in [6, 6.07) is 16.6. The summed E-state index contributed by atoms with van der Waals surface area (Å²) in [4.78, 5) is 32.2. The average Bonchev–Trinajstić information content (AvgIpc) is 3.17. The third-order valence-electron chi connectivity index (χ3n) is 5.99. The molecule has 1 aromatic heterocycles. The standard InChI is InChI=1S/C25H30N4O3/c1-18-12-14-28(15-13-18)24(31)16-29-22-11-7-6-10-21(22)27-25(29)19(2)26-23(30)17-32-20-8-4-3-5-9-20/h3-11,18-19H,12-17H2,1-2H3,(H,26,30). The van der Waals surface area contributed by atoms with Crippen molar-refractivity contribution < 1.29 is 14.3 Å². The number of nitrogens with one attached hydrogen (secondary N) is 1. The number of piperidine rings is 1. The van der Waals surface area contributed by atoms with Crippen molar-refractivity contribution in [2.24, 2.45) is 5.92 Å². The van der Waals surface area contributed by atoms with E-state index < -0.39 is 0 Å². The fraction of sp³-hybridized carbons (Fsp3) is 0.400. The van der Waals surface area contributed by atoms with Crippen LogP contribution >= 0.6 is 0 Å². The van der Waals surface area contributed by atoms with Crippen molar-refractivity contribution in [2.75, 3.05) is 19.7 Å². The SMILES string of the molecule is CC1CCN(C(=O)Cn2c(C(C)NC(=O)COc3ccccc3)nc3ccccc32)CC1. The van der Waals surface area contributed by atoms with E-state index >= 15 is 0 Å². The van der Waals surface area contributed by atoms with Gasteiger partial charge in [-0.05, 0) is 49.9 Å². The summed E-state index contributed by atoms with van der Waals surface area (Å²) < 4.78 is 7.48. The van der Waals surface area contributed by atoms with E-state index in [-0.39, 0.29) is 31.0 Å². The molecule has 0 bridgehead atoms. The Bertz CT molecular complexity index is 1070. The molecule has 0 saturated carbocycles. The fourth-order valence-corrected chi connectivity index (χ4v) is 4.10. The number of carbonyl (C=O) groups excluding carboxylic acids is 2. The first-order valence-electron chi connectivity index (χ1n) is 11.2. The fourth-order valence-electron chi connectivity index (χ4n) is 4.10. The van der Waals surface area contributed by atoms with Crippen LogP contribution in [-0.4, -0.2) is 46.0 Å². The highest BCUT2D eigenvalue weighted by Gasteiger charge is 2.24. The molecule has 0 spiro atoms. The predicted molar refractivity (Wildman–Crippen MR) is 123 cm³/mol. The number of fused-ring (bicyclic) bond motifs is 1. The highest BCUT2D eigenvalue weighted by atomic mass is 16.5. The number of rotatable bonds is 7. The first-order valence-corrected chi connectivity index (χ1v) is 11.2. The zero-order chi connectivity index (χ0) is 22.5. The highest BCUT2D eigenvalue weighted by Crippen LogP contribution is 2.22. The number of nitrogens with zero attached hydrogens (tertiary/aromatic N) is 3. The van der Waals surface area contributed by atoms with E-state index in [1.807, 2.05) is 71.0 Å². The van der Waals surface area contributed by atoms with Crippen molar-refractivity contribution in [3.8, 4) is 5.75 Å². The minimum atomic E-state index is -0.372. The van der Waals surface area contributed by atoms with Gasteiger partial charge in [0, 0.05) is 13.1 Å². The minimum absolute atomic E-state index is 0.0839. The summed E-state index contributed by atoms with van der Waals surface area (Å²) in [7, 11) is 0. The van der Waals surface area contributed by atoms with E-state index in [9.17, 15) is 9.59 Å². The van der Waals surface area contributed by atoms with Crippen LogP contribution in [0.2, 0.25) is 0 Å². The van der Waals surface area contributed by atoms with Crippen LogP contribution in [-0.2, 0) is 16.1 Å². The monoisotopic (exact) mass is 434 g/mol. The van der Waals surface area contributed by atoms with Gasteiger partial charge in [0.25, 0.3) is 5.91 Å². The number of imidazole rings is 1. The van der Waals surface area contributed by atoms with Crippen molar-refractivity contribution >= 4 is 22.8 Å². The van der Waals surface area contributed by atoms with Crippen LogP contribution in [0.5, 0.6) is 5.75 Å². The molecule has 32 heavy (non-hydrogen) atoms. The van der Waals surface area contributed by atoms with Crippen molar-refractivity contribution in [3.05, 3.63) is 60.4 Å². The molecular weight excluding hydrogens is 404 g/mol. The maximum atomic E-state index is 13.0. The van der Waals surface area contributed by atoms with Gasteiger partial charge >= 0.3 is 0 Å². The largest absolute Gasteiger partial charge is 0.484 e. The molecule has 1 unspecified atom stereocenters. The van der Waals surface area contributed by atoms with Crippen molar-refractivity contribution in [1.82, 2.24) is 19.8 Å². The van der Waals surface area contributed by atoms with Gasteiger partial charge in [0.1, 0.15) is 18.1 Å². The molecule has 4 rings (SSSR count). The Labute approximate surface area is 188 Å². The minimum Gasteiger partial charge on any atom is -0.484 e. The van der Waals surface area contributed by atoms with Gasteiger partial charge < -0.3 is 19.5 Å². The molecule has 2 amide bonds. The number of likely N-dealkylation sites (tertiary alicyclic amines) is 1. The van der Waals surface area contributed by atoms with E-state index in [1.165, 1.54) is 0 Å². The van der Waals surface area contributed by atoms with Gasteiger partial charge in [0.15, 0.2) is 6.61 Å². The van der Waals surface area contributed by atoms with E-state index in [4.69, 9.17) is 9.72 Å². The second-order valence-corrected chi connectivity index (χ2v) is 8.50. The number of hydrogen-bond donors (Lipinski definition) is 1. The normalized spacial score (nSPS) is 15.5. The van der Waals surface area contributed by atoms with E-state index in [0.717, 1.165) is 37.0 Å². The first-order chi connectivity index (χ1) is 15.5. The summed E-state index contributed by atoms with van der Waals surface area (Å²) in [6.07, 6.45) is 2.08.